The van der Waals surface area contributed by atoms with Gasteiger partial charge in [-0.3, -0.25) is 4.79 Å². The number of allylic oxidation sites excluding steroid dienone is 1. The Morgan fingerprint density at radius 1 is 1.42 bits per heavy atom. The monoisotopic (exact) mass is 264 g/mol. The summed E-state index contributed by atoms with van der Waals surface area (Å²) in [5, 5.41) is 9.69. The highest BCUT2D eigenvalue weighted by molar-refractivity contribution is 5.95. The highest BCUT2D eigenvalue weighted by Crippen LogP contribution is 2.28. The number of unbranched alkanes of at least 4 members (excludes halogenated alkanes) is 1. The van der Waals surface area contributed by atoms with E-state index >= 15 is 0 Å². The maximum atomic E-state index is 11.3. The molecule has 0 saturated carbocycles. The van der Waals surface area contributed by atoms with Gasteiger partial charge < -0.3 is 14.6 Å². The Balaban J connectivity index is 2.91. The van der Waals surface area contributed by atoms with E-state index in [1.54, 1.807) is 24.3 Å². The molecular weight excluding hydrogens is 244 g/mol. The molecule has 0 spiro atoms. The van der Waals surface area contributed by atoms with Gasteiger partial charge in [-0.05, 0) is 30.2 Å². The fourth-order valence-electron chi connectivity index (χ4n) is 1.52. The van der Waals surface area contributed by atoms with Gasteiger partial charge in [-0.15, -0.1) is 0 Å². The quantitative estimate of drug-likeness (QED) is 0.467. The first kappa shape index (κ1) is 15.1. The molecule has 0 bridgehead atoms. The summed E-state index contributed by atoms with van der Waals surface area (Å²) in [6.45, 7) is 4.07. The first-order chi connectivity index (χ1) is 9.08. The standard InChI is InChI=1S/C15H20O4/c1-4-5-8-19-15-10-12(6-7-13(15)17)9-14(18-3)11(2)16/h6-7,9-10,17H,4-5,8H2,1-3H3/b14-9-. The third-order valence-electron chi connectivity index (χ3n) is 2.60. The number of ketones is 1. The Hall–Kier alpha value is -1.97. The minimum Gasteiger partial charge on any atom is -0.504 e. The van der Waals surface area contributed by atoms with Crippen molar-refractivity contribution in [1.29, 1.82) is 0 Å². The van der Waals surface area contributed by atoms with Gasteiger partial charge in [-0.25, -0.2) is 0 Å². The van der Waals surface area contributed by atoms with Gasteiger partial charge in [0, 0.05) is 6.92 Å². The van der Waals surface area contributed by atoms with Crippen LogP contribution in [0.4, 0.5) is 0 Å². The Morgan fingerprint density at radius 2 is 2.16 bits per heavy atom. The first-order valence-electron chi connectivity index (χ1n) is 6.31. The smallest absolute Gasteiger partial charge is 0.194 e. The van der Waals surface area contributed by atoms with E-state index in [1.807, 2.05) is 0 Å². The van der Waals surface area contributed by atoms with Crippen LogP contribution in [-0.2, 0) is 9.53 Å². The molecule has 0 amide bonds. The molecule has 1 N–H and O–H groups in total. The number of carbonyl (C=O) groups is 1. The van der Waals surface area contributed by atoms with Crippen LogP contribution in [0.5, 0.6) is 11.5 Å². The van der Waals surface area contributed by atoms with E-state index in [9.17, 15) is 9.90 Å². The summed E-state index contributed by atoms with van der Waals surface area (Å²) in [6.07, 6.45) is 3.57. The third kappa shape index (κ3) is 4.66. The number of hydrogen-bond donors (Lipinski definition) is 1. The molecule has 0 aliphatic rings. The number of benzene rings is 1. The Morgan fingerprint density at radius 3 is 2.74 bits per heavy atom. The molecule has 19 heavy (non-hydrogen) atoms. The molecule has 0 aliphatic carbocycles. The maximum absolute atomic E-state index is 11.3. The van der Waals surface area contributed by atoms with Gasteiger partial charge >= 0.3 is 0 Å². The number of phenols is 1. The molecule has 1 aromatic carbocycles. The molecule has 0 atom stereocenters. The molecule has 0 saturated heterocycles. The SMILES string of the molecule is CCCCOc1cc(/C=C(\OC)C(C)=O)ccc1O. The van der Waals surface area contributed by atoms with Gasteiger partial charge in [0.2, 0.25) is 0 Å². The molecule has 4 heteroatoms. The number of rotatable bonds is 7. The van der Waals surface area contributed by atoms with Crippen LogP contribution >= 0.6 is 0 Å². The van der Waals surface area contributed by atoms with Crippen molar-refractivity contribution in [2.24, 2.45) is 0 Å². The van der Waals surface area contributed by atoms with Crippen LogP contribution in [0.25, 0.3) is 6.08 Å². The molecular formula is C15H20O4. The summed E-state index contributed by atoms with van der Waals surface area (Å²) in [6, 6.07) is 4.93. The van der Waals surface area contributed by atoms with E-state index in [2.05, 4.69) is 6.92 Å². The van der Waals surface area contributed by atoms with E-state index in [4.69, 9.17) is 9.47 Å². The lowest BCUT2D eigenvalue weighted by Crippen LogP contribution is -1.99. The number of ether oxygens (including phenoxy) is 2. The second-order valence-electron chi connectivity index (χ2n) is 4.20. The van der Waals surface area contributed by atoms with E-state index in [0.29, 0.717) is 12.4 Å². The molecule has 0 aromatic heterocycles. The number of Topliss-reactive ketones (excluding diaryl/α,β-unsaturated/α-hetero) is 1. The van der Waals surface area contributed by atoms with Gasteiger partial charge in [-0.2, -0.15) is 0 Å². The van der Waals surface area contributed by atoms with Crippen LogP contribution in [0, 0.1) is 0 Å². The molecule has 0 unspecified atom stereocenters. The summed E-state index contributed by atoms with van der Waals surface area (Å²) < 4.78 is 10.5. The van der Waals surface area contributed by atoms with Gasteiger partial charge in [0.05, 0.1) is 13.7 Å². The summed E-state index contributed by atoms with van der Waals surface area (Å²) in [7, 11) is 1.45. The van der Waals surface area contributed by atoms with Gasteiger partial charge in [0.1, 0.15) is 0 Å². The minimum atomic E-state index is -0.149. The largest absolute Gasteiger partial charge is 0.504 e. The van der Waals surface area contributed by atoms with Crippen molar-refractivity contribution in [1.82, 2.24) is 0 Å². The Bertz CT molecular complexity index is 463. The van der Waals surface area contributed by atoms with Gasteiger partial charge in [0.25, 0.3) is 0 Å². The van der Waals surface area contributed by atoms with Crippen LogP contribution in [-0.4, -0.2) is 24.6 Å². The minimum absolute atomic E-state index is 0.0926. The highest BCUT2D eigenvalue weighted by Gasteiger charge is 2.06. The second-order valence-corrected chi connectivity index (χ2v) is 4.20. The summed E-state index contributed by atoms with van der Waals surface area (Å²) in [5.41, 5.74) is 0.747. The molecule has 0 aliphatic heterocycles. The van der Waals surface area contributed by atoms with Gasteiger partial charge in [0.15, 0.2) is 23.0 Å². The highest BCUT2D eigenvalue weighted by atomic mass is 16.5. The lowest BCUT2D eigenvalue weighted by molar-refractivity contribution is -0.116. The molecule has 0 radical (unpaired) electrons. The molecule has 1 rings (SSSR count). The van der Waals surface area contributed by atoms with Crippen molar-refractivity contribution in [3.63, 3.8) is 0 Å². The number of carbonyl (C=O) groups excluding carboxylic acids is 1. The van der Waals surface area contributed by atoms with E-state index < -0.39 is 0 Å². The first-order valence-corrected chi connectivity index (χ1v) is 6.31. The van der Waals surface area contributed by atoms with Crippen LogP contribution in [0.3, 0.4) is 0 Å². The summed E-state index contributed by atoms with van der Waals surface area (Å²) >= 11 is 0. The molecule has 4 nitrogen and oxygen atoms in total. The molecule has 104 valence electrons. The van der Waals surface area contributed by atoms with Crippen LogP contribution in [0.2, 0.25) is 0 Å². The lowest BCUT2D eigenvalue weighted by Gasteiger charge is -2.09. The van der Waals surface area contributed by atoms with Gasteiger partial charge in [-0.1, -0.05) is 19.4 Å². The zero-order valence-electron chi connectivity index (χ0n) is 11.6. The number of hydrogen-bond acceptors (Lipinski definition) is 4. The Kier molecular flexibility index (Phi) is 5.93. The van der Waals surface area contributed by atoms with E-state index in [-0.39, 0.29) is 17.3 Å². The molecule has 0 heterocycles. The van der Waals surface area contributed by atoms with Crippen molar-refractivity contribution >= 4 is 11.9 Å². The number of aromatic hydroxyl groups is 1. The summed E-state index contributed by atoms with van der Waals surface area (Å²) in [4.78, 5) is 11.3. The average Bonchev–Trinajstić information content (AvgIpc) is 2.39. The maximum Gasteiger partial charge on any atom is 0.194 e. The van der Waals surface area contributed by atoms with Crippen LogP contribution in [0.1, 0.15) is 32.3 Å². The summed E-state index contributed by atoms with van der Waals surface area (Å²) in [5.74, 6) is 0.630. The predicted octanol–water partition coefficient (Wildman–Crippen LogP) is 3.15. The zero-order chi connectivity index (χ0) is 14.3. The average molecular weight is 264 g/mol. The Labute approximate surface area is 113 Å². The molecule has 0 fully saturated rings. The van der Waals surface area contributed by atoms with Crippen molar-refractivity contribution in [3.05, 3.63) is 29.5 Å². The third-order valence-corrected chi connectivity index (χ3v) is 2.60. The van der Waals surface area contributed by atoms with Crippen molar-refractivity contribution < 1.29 is 19.4 Å². The van der Waals surface area contributed by atoms with Crippen molar-refractivity contribution in [2.45, 2.75) is 26.7 Å². The molecule has 1 aromatic rings. The van der Waals surface area contributed by atoms with E-state index in [1.165, 1.54) is 14.0 Å². The predicted molar refractivity (Wildman–Crippen MR) is 74.2 cm³/mol. The van der Waals surface area contributed by atoms with Crippen LogP contribution < -0.4 is 4.74 Å². The topological polar surface area (TPSA) is 55.8 Å². The van der Waals surface area contributed by atoms with Crippen molar-refractivity contribution in [3.8, 4) is 11.5 Å². The van der Waals surface area contributed by atoms with Crippen LogP contribution in [0.15, 0.2) is 24.0 Å². The second kappa shape index (κ2) is 7.46. The van der Waals surface area contributed by atoms with E-state index in [0.717, 1.165) is 18.4 Å². The fraction of sp³-hybridized carbons (Fsp3) is 0.400. The fourth-order valence-corrected chi connectivity index (χ4v) is 1.52. The normalized spacial score (nSPS) is 11.2. The lowest BCUT2D eigenvalue weighted by atomic mass is 10.1. The number of phenolic OH excluding ortho intramolecular Hbond substituents is 1. The number of methoxy groups -OCH3 is 1. The zero-order valence-corrected chi connectivity index (χ0v) is 11.6. The van der Waals surface area contributed by atoms with Crippen molar-refractivity contribution in [2.75, 3.05) is 13.7 Å².